The molecule has 0 aromatic heterocycles. The minimum absolute atomic E-state index is 0.00593. The van der Waals surface area contributed by atoms with Crippen LogP contribution in [0.2, 0.25) is 0 Å². The van der Waals surface area contributed by atoms with Crippen molar-refractivity contribution in [2.75, 3.05) is 30.9 Å². The smallest absolute Gasteiger partial charge is 0.316 e. The SMILES string of the molecule is O=C(COC(=O)CSc1cc(F)ccc1F)Nc1ccc2c(c1)OCCCO2. The number of hydrogen-bond donors (Lipinski definition) is 1. The molecule has 0 unspecified atom stereocenters. The first kappa shape index (κ1) is 19.9. The molecule has 0 saturated carbocycles. The number of halogens is 2. The summed E-state index contributed by atoms with van der Waals surface area (Å²) in [5, 5.41) is 2.59. The van der Waals surface area contributed by atoms with Crippen LogP contribution in [-0.2, 0) is 14.3 Å². The van der Waals surface area contributed by atoms with Crippen LogP contribution in [0.1, 0.15) is 6.42 Å². The van der Waals surface area contributed by atoms with Gasteiger partial charge in [0.15, 0.2) is 18.1 Å². The topological polar surface area (TPSA) is 73.9 Å². The minimum Gasteiger partial charge on any atom is -0.490 e. The van der Waals surface area contributed by atoms with Gasteiger partial charge in [-0.2, -0.15) is 0 Å². The number of esters is 1. The van der Waals surface area contributed by atoms with Crippen LogP contribution in [0.4, 0.5) is 14.5 Å². The van der Waals surface area contributed by atoms with Gasteiger partial charge in [-0.25, -0.2) is 8.78 Å². The van der Waals surface area contributed by atoms with E-state index in [0.717, 1.165) is 36.4 Å². The first-order chi connectivity index (χ1) is 13.5. The van der Waals surface area contributed by atoms with Crippen molar-refractivity contribution in [1.82, 2.24) is 0 Å². The first-order valence-electron chi connectivity index (χ1n) is 8.44. The highest BCUT2D eigenvalue weighted by atomic mass is 32.2. The molecule has 0 aliphatic carbocycles. The third-order valence-electron chi connectivity index (χ3n) is 3.63. The van der Waals surface area contributed by atoms with Gasteiger partial charge in [-0.05, 0) is 30.3 Å². The van der Waals surface area contributed by atoms with E-state index in [1.54, 1.807) is 18.2 Å². The molecule has 9 heteroatoms. The predicted molar refractivity (Wildman–Crippen MR) is 98.7 cm³/mol. The van der Waals surface area contributed by atoms with E-state index in [1.165, 1.54) is 0 Å². The number of fused-ring (bicyclic) bond motifs is 1. The molecule has 0 saturated heterocycles. The van der Waals surface area contributed by atoms with Gasteiger partial charge in [0.2, 0.25) is 0 Å². The van der Waals surface area contributed by atoms with E-state index in [4.69, 9.17) is 14.2 Å². The Morgan fingerprint density at radius 3 is 2.68 bits per heavy atom. The summed E-state index contributed by atoms with van der Waals surface area (Å²) in [4.78, 5) is 23.7. The van der Waals surface area contributed by atoms with E-state index >= 15 is 0 Å². The largest absolute Gasteiger partial charge is 0.490 e. The van der Waals surface area contributed by atoms with Crippen molar-refractivity contribution in [2.45, 2.75) is 11.3 Å². The molecule has 28 heavy (non-hydrogen) atoms. The van der Waals surface area contributed by atoms with E-state index in [0.29, 0.717) is 30.4 Å². The molecule has 1 aliphatic rings. The molecule has 0 bridgehead atoms. The molecule has 0 atom stereocenters. The minimum atomic E-state index is -0.720. The molecule has 6 nitrogen and oxygen atoms in total. The quantitative estimate of drug-likeness (QED) is 0.582. The summed E-state index contributed by atoms with van der Waals surface area (Å²) in [6.45, 7) is 0.581. The van der Waals surface area contributed by atoms with Gasteiger partial charge in [0, 0.05) is 23.1 Å². The maximum absolute atomic E-state index is 13.5. The molecular weight excluding hydrogens is 392 g/mol. The average Bonchev–Trinajstić information content (AvgIpc) is 2.92. The highest BCUT2D eigenvalue weighted by Crippen LogP contribution is 2.32. The number of anilines is 1. The lowest BCUT2D eigenvalue weighted by atomic mass is 10.2. The number of nitrogens with one attached hydrogen (secondary N) is 1. The maximum Gasteiger partial charge on any atom is 0.316 e. The second kappa shape index (κ2) is 9.41. The Hall–Kier alpha value is -2.81. The van der Waals surface area contributed by atoms with E-state index in [2.05, 4.69) is 5.32 Å². The number of carbonyl (C=O) groups excluding carboxylic acids is 2. The summed E-state index contributed by atoms with van der Waals surface area (Å²) in [5.74, 6) is -1.62. The van der Waals surface area contributed by atoms with Gasteiger partial charge in [0.25, 0.3) is 5.91 Å². The summed E-state index contributed by atoms with van der Waals surface area (Å²) in [6.07, 6.45) is 0.768. The van der Waals surface area contributed by atoms with Gasteiger partial charge in [-0.1, -0.05) is 0 Å². The molecule has 1 aliphatic heterocycles. The van der Waals surface area contributed by atoms with Gasteiger partial charge in [0.05, 0.1) is 19.0 Å². The van der Waals surface area contributed by atoms with Gasteiger partial charge < -0.3 is 19.5 Å². The first-order valence-corrected chi connectivity index (χ1v) is 9.43. The molecule has 1 N–H and O–H groups in total. The molecule has 2 aromatic carbocycles. The van der Waals surface area contributed by atoms with Crippen molar-refractivity contribution in [3.05, 3.63) is 48.0 Å². The Kier molecular flexibility index (Phi) is 6.70. The third-order valence-corrected chi connectivity index (χ3v) is 4.64. The highest BCUT2D eigenvalue weighted by molar-refractivity contribution is 8.00. The predicted octanol–water partition coefficient (Wildman–Crippen LogP) is 3.40. The molecule has 1 heterocycles. The Morgan fingerprint density at radius 1 is 1.07 bits per heavy atom. The Morgan fingerprint density at radius 2 is 1.86 bits per heavy atom. The van der Waals surface area contributed by atoms with Gasteiger partial charge in [-0.15, -0.1) is 11.8 Å². The average molecular weight is 409 g/mol. The fraction of sp³-hybridized carbons (Fsp3) is 0.263. The standard InChI is InChI=1S/C19H17F2NO5S/c20-12-2-4-14(21)17(8-12)28-11-19(24)27-10-18(23)22-13-3-5-15-16(9-13)26-7-1-6-25-15/h2-5,8-9H,1,6-7,10-11H2,(H,22,23). The second-order valence-corrected chi connectivity index (χ2v) is 6.80. The van der Waals surface area contributed by atoms with Crippen LogP contribution in [0, 0.1) is 11.6 Å². The Balaban J connectivity index is 1.45. The van der Waals surface area contributed by atoms with E-state index < -0.39 is 30.1 Å². The summed E-state index contributed by atoms with van der Waals surface area (Å²) >= 11 is 0.791. The van der Waals surface area contributed by atoms with Crippen molar-refractivity contribution in [3.8, 4) is 11.5 Å². The molecule has 0 spiro atoms. The summed E-state index contributed by atoms with van der Waals surface area (Å²) in [7, 11) is 0. The normalized spacial score (nSPS) is 12.8. The Labute approximate surface area is 164 Å². The zero-order valence-electron chi connectivity index (χ0n) is 14.7. The van der Waals surface area contributed by atoms with Gasteiger partial charge in [-0.3, -0.25) is 9.59 Å². The number of ether oxygens (including phenoxy) is 3. The summed E-state index contributed by atoms with van der Waals surface area (Å²) in [6, 6.07) is 7.92. The van der Waals surface area contributed by atoms with Crippen LogP contribution in [0.15, 0.2) is 41.3 Å². The van der Waals surface area contributed by atoms with Crippen molar-refractivity contribution in [1.29, 1.82) is 0 Å². The third kappa shape index (κ3) is 5.59. The van der Waals surface area contributed by atoms with E-state index in [1.807, 2.05) is 0 Å². The van der Waals surface area contributed by atoms with Crippen LogP contribution < -0.4 is 14.8 Å². The van der Waals surface area contributed by atoms with Crippen molar-refractivity contribution >= 4 is 29.3 Å². The number of hydrogen-bond acceptors (Lipinski definition) is 6. The summed E-state index contributed by atoms with van der Waals surface area (Å²) in [5.41, 5.74) is 0.474. The lowest BCUT2D eigenvalue weighted by Crippen LogP contribution is -2.21. The van der Waals surface area contributed by atoms with Crippen molar-refractivity contribution in [2.24, 2.45) is 0 Å². The number of benzene rings is 2. The number of thioether (sulfide) groups is 1. The number of rotatable bonds is 6. The molecule has 0 fully saturated rings. The fourth-order valence-corrected chi connectivity index (χ4v) is 3.11. The van der Waals surface area contributed by atoms with Gasteiger partial charge in [0.1, 0.15) is 11.6 Å². The van der Waals surface area contributed by atoms with Crippen LogP contribution in [0.25, 0.3) is 0 Å². The molecule has 148 valence electrons. The number of carbonyl (C=O) groups is 2. The maximum atomic E-state index is 13.5. The molecular formula is C19H17F2NO5S. The zero-order valence-corrected chi connectivity index (χ0v) is 15.5. The van der Waals surface area contributed by atoms with Crippen LogP contribution >= 0.6 is 11.8 Å². The van der Waals surface area contributed by atoms with Crippen molar-refractivity contribution < 1.29 is 32.6 Å². The van der Waals surface area contributed by atoms with Crippen LogP contribution in [0.3, 0.4) is 0 Å². The molecule has 1 amide bonds. The molecule has 2 aromatic rings. The lowest BCUT2D eigenvalue weighted by Gasteiger charge is -2.10. The van der Waals surface area contributed by atoms with E-state index in [9.17, 15) is 18.4 Å². The van der Waals surface area contributed by atoms with E-state index in [-0.39, 0.29) is 10.6 Å². The Bertz CT molecular complexity index is 877. The second-order valence-electron chi connectivity index (χ2n) is 5.78. The van der Waals surface area contributed by atoms with Crippen LogP contribution in [0.5, 0.6) is 11.5 Å². The van der Waals surface area contributed by atoms with Crippen LogP contribution in [-0.4, -0.2) is 37.4 Å². The summed E-state index contributed by atoms with van der Waals surface area (Å²) < 4.78 is 42.5. The molecule has 3 rings (SSSR count). The van der Waals surface area contributed by atoms with Crippen molar-refractivity contribution in [3.63, 3.8) is 0 Å². The zero-order chi connectivity index (χ0) is 19.9. The monoisotopic (exact) mass is 409 g/mol. The molecule has 0 radical (unpaired) electrons. The highest BCUT2D eigenvalue weighted by Gasteiger charge is 2.14. The fourth-order valence-electron chi connectivity index (χ4n) is 2.35. The van der Waals surface area contributed by atoms with Gasteiger partial charge >= 0.3 is 5.97 Å². The lowest BCUT2D eigenvalue weighted by molar-refractivity contribution is -0.144. The number of amides is 1.